The van der Waals surface area contributed by atoms with Gasteiger partial charge in [-0.05, 0) is 31.5 Å². The van der Waals surface area contributed by atoms with Crippen LogP contribution in [0.2, 0.25) is 0 Å². The van der Waals surface area contributed by atoms with Crippen molar-refractivity contribution >= 4 is 0 Å². The van der Waals surface area contributed by atoms with Crippen molar-refractivity contribution in [3.8, 4) is 0 Å². The second-order valence-corrected chi connectivity index (χ2v) is 4.10. The Morgan fingerprint density at radius 2 is 2.12 bits per heavy atom. The van der Waals surface area contributed by atoms with Crippen molar-refractivity contribution in [3.05, 3.63) is 59.5 Å². The zero-order chi connectivity index (χ0) is 11.4. The Kier molecular flexibility index (Phi) is 3.42. The molecular formula is C14H17NO. The van der Waals surface area contributed by atoms with E-state index in [1.165, 1.54) is 11.1 Å². The number of hydrogen-bond donors (Lipinski definition) is 1. The van der Waals surface area contributed by atoms with E-state index in [-0.39, 0.29) is 0 Å². The first-order valence-electron chi connectivity index (χ1n) is 5.58. The van der Waals surface area contributed by atoms with Crippen LogP contribution in [0.25, 0.3) is 0 Å². The van der Waals surface area contributed by atoms with Gasteiger partial charge in [0, 0.05) is 6.04 Å². The van der Waals surface area contributed by atoms with Crippen LogP contribution in [0.5, 0.6) is 0 Å². The molecule has 16 heavy (non-hydrogen) atoms. The van der Waals surface area contributed by atoms with Gasteiger partial charge in [0.1, 0.15) is 5.76 Å². The number of nitrogens with one attached hydrogen (secondary N) is 1. The third kappa shape index (κ3) is 2.74. The summed E-state index contributed by atoms with van der Waals surface area (Å²) >= 11 is 0. The van der Waals surface area contributed by atoms with E-state index in [9.17, 15) is 0 Å². The Hall–Kier alpha value is -1.54. The van der Waals surface area contributed by atoms with Crippen molar-refractivity contribution in [2.45, 2.75) is 26.4 Å². The van der Waals surface area contributed by atoms with Gasteiger partial charge >= 0.3 is 0 Å². The van der Waals surface area contributed by atoms with Crippen LogP contribution in [0, 0.1) is 6.92 Å². The van der Waals surface area contributed by atoms with E-state index in [2.05, 4.69) is 43.4 Å². The van der Waals surface area contributed by atoms with Crippen molar-refractivity contribution in [1.82, 2.24) is 5.32 Å². The summed E-state index contributed by atoms with van der Waals surface area (Å²) in [5.74, 6) is 0.972. The number of hydrogen-bond acceptors (Lipinski definition) is 2. The number of furan rings is 1. The van der Waals surface area contributed by atoms with Crippen LogP contribution in [-0.4, -0.2) is 0 Å². The van der Waals surface area contributed by atoms with Gasteiger partial charge in [-0.3, -0.25) is 0 Å². The highest BCUT2D eigenvalue weighted by molar-refractivity contribution is 5.24. The Balaban J connectivity index is 1.95. The van der Waals surface area contributed by atoms with Gasteiger partial charge in [0.25, 0.3) is 0 Å². The molecule has 0 saturated heterocycles. The van der Waals surface area contributed by atoms with E-state index in [0.29, 0.717) is 6.04 Å². The molecule has 1 aromatic heterocycles. The average Bonchev–Trinajstić information content (AvgIpc) is 2.78. The lowest BCUT2D eigenvalue weighted by Crippen LogP contribution is -2.17. The highest BCUT2D eigenvalue weighted by Gasteiger charge is 2.05. The van der Waals surface area contributed by atoms with Gasteiger partial charge in [-0.25, -0.2) is 0 Å². The molecule has 0 bridgehead atoms. The zero-order valence-electron chi connectivity index (χ0n) is 9.73. The largest absolute Gasteiger partial charge is 0.468 e. The molecule has 0 spiro atoms. The Morgan fingerprint density at radius 3 is 2.81 bits per heavy atom. The van der Waals surface area contributed by atoms with E-state index >= 15 is 0 Å². The molecule has 2 heteroatoms. The van der Waals surface area contributed by atoms with Gasteiger partial charge in [-0.1, -0.05) is 29.8 Å². The van der Waals surface area contributed by atoms with Crippen molar-refractivity contribution in [2.24, 2.45) is 0 Å². The summed E-state index contributed by atoms with van der Waals surface area (Å²) in [6.07, 6.45) is 1.70. The second-order valence-electron chi connectivity index (χ2n) is 4.10. The molecule has 1 atom stereocenters. The quantitative estimate of drug-likeness (QED) is 0.845. The molecule has 2 aromatic rings. The number of rotatable bonds is 4. The fraction of sp³-hybridized carbons (Fsp3) is 0.286. The molecular weight excluding hydrogens is 198 g/mol. The monoisotopic (exact) mass is 215 g/mol. The minimum Gasteiger partial charge on any atom is -0.468 e. The lowest BCUT2D eigenvalue weighted by Gasteiger charge is -2.13. The van der Waals surface area contributed by atoms with Gasteiger partial charge in [0.05, 0.1) is 12.8 Å². The molecule has 1 unspecified atom stereocenters. The molecule has 2 nitrogen and oxygen atoms in total. The van der Waals surface area contributed by atoms with Crippen LogP contribution in [-0.2, 0) is 6.54 Å². The first kappa shape index (κ1) is 11.0. The minimum absolute atomic E-state index is 0.338. The lowest BCUT2D eigenvalue weighted by atomic mass is 10.1. The molecule has 0 aliphatic rings. The molecule has 0 radical (unpaired) electrons. The smallest absolute Gasteiger partial charge is 0.117 e. The Labute approximate surface area is 96.3 Å². The summed E-state index contributed by atoms with van der Waals surface area (Å²) in [5, 5.41) is 3.43. The third-order valence-corrected chi connectivity index (χ3v) is 2.70. The first-order valence-corrected chi connectivity index (χ1v) is 5.58. The zero-order valence-corrected chi connectivity index (χ0v) is 9.73. The third-order valence-electron chi connectivity index (χ3n) is 2.70. The summed E-state index contributed by atoms with van der Waals surface area (Å²) in [6, 6.07) is 12.8. The Bertz CT molecular complexity index is 434. The molecule has 1 N–H and O–H groups in total. The molecule has 0 amide bonds. The predicted molar refractivity (Wildman–Crippen MR) is 65.1 cm³/mol. The predicted octanol–water partition coefficient (Wildman–Crippen LogP) is 3.44. The maximum Gasteiger partial charge on any atom is 0.117 e. The normalized spacial score (nSPS) is 12.6. The molecule has 2 rings (SSSR count). The summed E-state index contributed by atoms with van der Waals surface area (Å²) < 4.78 is 5.28. The van der Waals surface area contributed by atoms with Crippen molar-refractivity contribution < 1.29 is 4.42 Å². The molecule has 1 heterocycles. The standard InChI is InChI=1S/C14H17NO/c1-11-5-3-6-13(9-11)12(2)15-10-14-7-4-8-16-14/h3-9,12,15H,10H2,1-2H3. The highest BCUT2D eigenvalue weighted by Crippen LogP contribution is 2.14. The fourth-order valence-electron chi connectivity index (χ4n) is 1.72. The maximum absolute atomic E-state index is 5.28. The second kappa shape index (κ2) is 4.99. The molecule has 84 valence electrons. The van der Waals surface area contributed by atoms with Crippen LogP contribution in [0.15, 0.2) is 47.1 Å². The van der Waals surface area contributed by atoms with Gasteiger partial charge in [0.2, 0.25) is 0 Å². The van der Waals surface area contributed by atoms with Gasteiger partial charge in [0.15, 0.2) is 0 Å². The van der Waals surface area contributed by atoms with E-state index in [1.807, 2.05) is 12.1 Å². The van der Waals surface area contributed by atoms with Gasteiger partial charge in [-0.2, -0.15) is 0 Å². The number of aryl methyl sites for hydroxylation is 1. The van der Waals surface area contributed by atoms with Crippen LogP contribution in [0.1, 0.15) is 29.9 Å². The molecule has 0 saturated carbocycles. The fourth-order valence-corrected chi connectivity index (χ4v) is 1.72. The molecule has 0 aliphatic carbocycles. The van der Waals surface area contributed by atoms with Gasteiger partial charge in [-0.15, -0.1) is 0 Å². The SMILES string of the molecule is Cc1cccc(C(C)NCc2ccco2)c1. The van der Waals surface area contributed by atoms with Crippen LogP contribution < -0.4 is 5.32 Å². The summed E-state index contributed by atoms with van der Waals surface area (Å²) in [6.45, 7) is 5.04. The lowest BCUT2D eigenvalue weighted by molar-refractivity contribution is 0.460. The van der Waals surface area contributed by atoms with Gasteiger partial charge < -0.3 is 9.73 Å². The molecule has 0 aliphatic heterocycles. The van der Waals surface area contributed by atoms with E-state index < -0.39 is 0 Å². The van der Waals surface area contributed by atoms with Crippen molar-refractivity contribution in [1.29, 1.82) is 0 Å². The molecule has 1 aromatic carbocycles. The highest BCUT2D eigenvalue weighted by atomic mass is 16.3. The topological polar surface area (TPSA) is 25.2 Å². The summed E-state index contributed by atoms with van der Waals surface area (Å²) in [7, 11) is 0. The van der Waals surface area contributed by atoms with Crippen molar-refractivity contribution in [3.63, 3.8) is 0 Å². The van der Waals surface area contributed by atoms with E-state index in [1.54, 1.807) is 6.26 Å². The number of benzene rings is 1. The summed E-state index contributed by atoms with van der Waals surface area (Å²) in [4.78, 5) is 0. The van der Waals surface area contributed by atoms with E-state index in [0.717, 1.165) is 12.3 Å². The minimum atomic E-state index is 0.338. The van der Waals surface area contributed by atoms with Crippen LogP contribution >= 0.6 is 0 Å². The summed E-state index contributed by atoms with van der Waals surface area (Å²) in [5.41, 5.74) is 2.61. The molecule has 0 fully saturated rings. The Morgan fingerprint density at radius 1 is 1.25 bits per heavy atom. The average molecular weight is 215 g/mol. The van der Waals surface area contributed by atoms with Crippen LogP contribution in [0.4, 0.5) is 0 Å². The van der Waals surface area contributed by atoms with Crippen LogP contribution in [0.3, 0.4) is 0 Å². The maximum atomic E-state index is 5.28. The van der Waals surface area contributed by atoms with Crippen molar-refractivity contribution in [2.75, 3.05) is 0 Å². The van der Waals surface area contributed by atoms with E-state index in [4.69, 9.17) is 4.42 Å². The first-order chi connectivity index (χ1) is 7.75.